The number of hydrogen-bond acceptors (Lipinski definition) is 4. The summed E-state index contributed by atoms with van der Waals surface area (Å²) in [5.41, 5.74) is 10.3. The van der Waals surface area contributed by atoms with Crippen molar-refractivity contribution in [3.8, 4) is 5.75 Å². The first-order valence-electron chi connectivity index (χ1n) is 6.37. The van der Waals surface area contributed by atoms with Gasteiger partial charge in [0.15, 0.2) is 0 Å². The molecule has 0 spiro atoms. The lowest BCUT2D eigenvalue weighted by Crippen LogP contribution is -1.99. The third-order valence-electron chi connectivity index (χ3n) is 3.34. The molecule has 0 aliphatic rings. The van der Waals surface area contributed by atoms with Crippen molar-refractivity contribution in [1.29, 1.82) is 0 Å². The van der Waals surface area contributed by atoms with E-state index in [1.54, 1.807) is 11.3 Å². The maximum absolute atomic E-state index is 5.95. The summed E-state index contributed by atoms with van der Waals surface area (Å²) in [4.78, 5) is 5.63. The molecule has 2 N–H and O–H groups in total. The summed E-state index contributed by atoms with van der Waals surface area (Å²) >= 11 is 1.63. The molecule has 0 atom stereocenters. The zero-order valence-electron chi connectivity index (χ0n) is 11.9. The highest BCUT2D eigenvalue weighted by Gasteiger charge is 2.10. The average molecular weight is 276 g/mol. The Morgan fingerprint density at radius 3 is 2.47 bits per heavy atom. The smallest absolute Gasteiger partial charge is 0.140 e. The van der Waals surface area contributed by atoms with E-state index in [-0.39, 0.29) is 0 Å². The Morgan fingerprint density at radius 2 is 1.84 bits per heavy atom. The lowest BCUT2D eigenvalue weighted by atomic mass is 10.1. The van der Waals surface area contributed by atoms with Crippen molar-refractivity contribution in [1.82, 2.24) is 4.98 Å². The van der Waals surface area contributed by atoms with Crippen molar-refractivity contribution in [3.05, 3.63) is 44.4 Å². The van der Waals surface area contributed by atoms with Crippen LogP contribution in [0.25, 0.3) is 0 Å². The average Bonchev–Trinajstić information content (AvgIpc) is 2.74. The lowest BCUT2D eigenvalue weighted by molar-refractivity contribution is 0.301. The molecule has 1 aromatic carbocycles. The van der Waals surface area contributed by atoms with Crippen LogP contribution in [0.5, 0.6) is 5.75 Å². The summed E-state index contributed by atoms with van der Waals surface area (Å²) < 4.78 is 5.95. The van der Waals surface area contributed by atoms with Crippen LogP contribution >= 0.6 is 11.3 Å². The largest absolute Gasteiger partial charge is 0.486 e. The van der Waals surface area contributed by atoms with Gasteiger partial charge in [0.05, 0.1) is 5.69 Å². The predicted molar refractivity (Wildman–Crippen MR) is 79.7 cm³/mol. The molecule has 0 saturated carbocycles. The number of aromatic nitrogens is 1. The van der Waals surface area contributed by atoms with Gasteiger partial charge in [0.25, 0.3) is 0 Å². The highest BCUT2D eigenvalue weighted by molar-refractivity contribution is 7.11. The van der Waals surface area contributed by atoms with Crippen LogP contribution in [0.1, 0.15) is 32.3 Å². The molecule has 0 amide bonds. The maximum Gasteiger partial charge on any atom is 0.140 e. The highest BCUT2D eigenvalue weighted by Crippen LogP contribution is 2.27. The van der Waals surface area contributed by atoms with Crippen LogP contribution in [0.4, 0.5) is 0 Å². The zero-order chi connectivity index (χ0) is 14.0. The summed E-state index contributed by atoms with van der Waals surface area (Å²) in [6.45, 7) is 9.31. The van der Waals surface area contributed by atoms with Gasteiger partial charge in [0, 0.05) is 11.4 Å². The fraction of sp³-hybridized carbons (Fsp3) is 0.400. The quantitative estimate of drug-likeness (QED) is 0.931. The summed E-state index contributed by atoms with van der Waals surface area (Å²) in [7, 11) is 0. The van der Waals surface area contributed by atoms with Crippen LogP contribution in [-0.4, -0.2) is 4.98 Å². The van der Waals surface area contributed by atoms with E-state index in [1.165, 1.54) is 11.1 Å². The minimum absolute atomic E-state index is 0.511. The second kappa shape index (κ2) is 5.72. The maximum atomic E-state index is 5.95. The highest BCUT2D eigenvalue weighted by atomic mass is 32.1. The molecule has 0 radical (unpaired) electrons. The molecule has 0 fully saturated rings. The number of nitrogens with zero attached hydrogens (tertiary/aromatic N) is 1. The van der Waals surface area contributed by atoms with Gasteiger partial charge in [-0.25, -0.2) is 4.98 Å². The molecule has 102 valence electrons. The minimum Gasteiger partial charge on any atom is -0.486 e. The van der Waals surface area contributed by atoms with E-state index in [2.05, 4.69) is 37.9 Å². The molecule has 0 aliphatic heterocycles. The molecule has 19 heavy (non-hydrogen) atoms. The molecular weight excluding hydrogens is 256 g/mol. The molecular formula is C15H20N2OS. The molecule has 0 bridgehead atoms. The van der Waals surface area contributed by atoms with Gasteiger partial charge in [0.2, 0.25) is 0 Å². The second-order valence-electron chi connectivity index (χ2n) is 4.76. The van der Waals surface area contributed by atoms with Gasteiger partial charge in [-0.2, -0.15) is 0 Å². The normalized spacial score (nSPS) is 10.8. The Balaban J connectivity index is 2.16. The third kappa shape index (κ3) is 2.96. The van der Waals surface area contributed by atoms with Crippen LogP contribution < -0.4 is 10.5 Å². The van der Waals surface area contributed by atoms with Gasteiger partial charge in [-0.1, -0.05) is 12.1 Å². The van der Waals surface area contributed by atoms with Crippen molar-refractivity contribution in [3.63, 3.8) is 0 Å². The monoisotopic (exact) mass is 276 g/mol. The van der Waals surface area contributed by atoms with Crippen LogP contribution in [0.3, 0.4) is 0 Å². The molecule has 2 rings (SSSR count). The van der Waals surface area contributed by atoms with Crippen molar-refractivity contribution >= 4 is 11.3 Å². The molecule has 2 aromatic rings. The third-order valence-corrected chi connectivity index (χ3v) is 4.49. The van der Waals surface area contributed by atoms with E-state index in [4.69, 9.17) is 10.5 Å². The molecule has 3 nitrogen and oxygen atoms in total. The van der Waals surface area contributed by atoms with Gasteiger partial charge in [-0.05, 0) is 44.4 Å². The van der Waals surface area contributed by atoms with Gasteiger partial charge in [-0.3, -0.25) is 0 Å². The Labute approximate surface area is 118 Å². The summed E-state index contributed by atoms with van der Waals surface area (Å²) in [6.07, 6.45) is 0. The van der Waals surface area contributed by atoms with Crippen molar-refractivity contribution < 1.29 is 4.74 Å². The summed E-state index contributed by atoms with van der Waals surface area (Å²) in [6, 6.07) is 4.22. The van der Waals surface area contributed by atoms with Gasteiger partial charge >= 0.3 is 0 Å². The van der Waals surface area contributed by atoms with Gasteiger partial charge < -0.3 is 10.5 Å². The molecule has 0 aliphatic carbocycles. The number of benzene rings is 1. The Kier molecular flexibility index (Phi) is 4.22. The van der Waals surface area contributed by atoms with E-state index in [1.807, 2.05) is 6.92 Å². The molecule has 4 heteroatoms. The Hall–Kier alpha value is -1.39. The van der Waals surface area contributed by atoms with E-state index >= 15 is 0 Å². The fourth-order valence-corrected chi connectivity index (χ4v) is 2.88. The first kappa shape index (κ1) is 14.0. The first-order valence-corrected chi connectivity index (χ1v) is 7.19. The predicted octanol–water partition coefficient (Wildman–Crippen LogP) is 3.41. The number of nitrogens with two attached hydrogens (primary N) is 1. The van der Waals surface area contributed by atoms with Gasteiger partial charge in [-0.15, -0.1) is 11.3 Å². The number of thiazole rings is 1. The topological polar surface area (TPSA) is 48.1 Å². The van der Waals surface area contributed by atoms with Crippen molar-refractivity contribution in [2.45, 2.75) is 40.8 Å². The number of aryl methyl sites for hydroxylation is 3. The van der Waals surface area contributed by atoms with E-state index in [0.717, 1.165) is 26.9 Å². The fourth-order valence-electron chi connectivity index (χ4n) is 2.02. The van der Waals surface area contributed by atoms with Gasteiger partial charge in [0.1, 0.15) is 17.4 Å². The van der Waals surface area contributed by atoms with Crippen LogP contribution in [-0.2, 0) is 13.2 Å². The number of hydrogen-bond donors (Lipinski definition) is 1. The molecule has 1 heterocycles. The Morgan fingerprint density at radius 1 is 1.16 bits per heavy atom. The van der Waals surface area contributed by atoms with Crippen molar-refractivity contribution in [2.75, 3.05) is 0 Å². The SMILES string of the molecule is Cc1ccc(C)c(OCc2nc(C)c(CN)s2)c1C. The zero-order valence-corrected chi connectivity index (χ0v) is 12.7. The van der Waals surface area contributed by atoms with E-state index in [0.29, 0.717) is 13.2 Å². The van der Waals surface area contributed by atoms with E-state index in [9.17, 15) is 0 Å². The minimum atomic E-state index is 0.511. The molecule has 0 saturated heterocycles. The number of rotatable bonds is 4. The van der Waals surface area contributed by atoms with E-state index < -0.39 is 0 Å². The van der Waals surface area contributed by atoms with Crippen LogP contribution in [0, 0.1) is 27.7 Å². The number of ether oxygens (including phenoxy) is 1. The standard InChI is InChI=1S/C15H20N2OS/c1-9-5-6-10(2)15(11(9)3)18-8-14-17-12(4)13(7-16)19-14/h5-6H,7-8,16H2,1-4H3. The van der Waals surface area contributed by atoms with Crippen LogP contribution in [0.15, 0.2) is 12.1 Å². The molecule has 0 unspecified atom stereocenters. The van der Waals surface area contributed by atoms with Crippen molar-refractivity contribution in [2.24, 2.45) is 5.73 Å². The molecule has 1 aromatic heterocycles. The first-order chi connectivity index (χ1) is 9.02. The Bertz CT molecular complexity index is 590. The van der Waals surface area contributed by atoms with Crippen LogP contribution in [0.2, 0.25) is 0 Å². The second-order valence-corrected chi connectivity index (χ2v) is 5.93. The summed E-state index contributed by atoms with van der Waals surface area (Å²) in [5.74, 6) is 0.974. The lowest BCUT2D eigenvalue weighted by Gasteiger charge is -2.12. The summed E-state index contributed by atoms with van der Waals surface area (Å²) in [5, 5.41) is 0.984.